The summed E-state index contributed by atoms with van der Waals surface area (Å²) in [7, 11) is 1.12. The number of carbonyl (C=O) groups excluding carboxylic acids is 2. The van der Waals surface area contributed by atoms with Crippen LogP contribution in [0, 0.1) is 0 Å². The van der Waals surface area contributed by atoms with E-state index in [0.29, 0.717) is 17.4 Å². The Kier molecular flexibility index (Phi) is 45.5. The van der Waals surface area contributed by atoms with Crippen molar-refractivity contribution < 1.29 is 42.1 Å². The predicted molar refractivity (Wildman–Crippen MR) is 286 cm³/mol. The molecular weight excluding hydrogens is 870 g/mol. The lowest BCUT2D eigenvalue weighted by Crippen LogP contribution is -2.37. The van der Waals surface area contributed by atoms with Crippen LogP contribution in [-0.2, 0) is 32.7 Å². The molecule has 0 aromatic heterocycles. The number of ether oxygens (including phenoxy) is 2. The third-order valence-corrected chi connectivity index (χ3v) is 11.1. The average molecular weight is 964 g/mol. The van der Waals surface area contributed by atoms with Crippen LogP contribution < -0.4 is 4.89 Å². The number of allylic oxidation sites excluding steroid dienone is 22. The van der Waals surface area contributed by atoms with Gasteiger partial charge in [-0.3, -0.25) is 14.2 Å². The summed E-state index contributed by atoms with van der Waals surface area (Å²) in [4.78, 5) is 37.4. The lowest BCUT2D eigenvalue weighted by atomic mass is 10.1. The second-order valence-corrected chi connectivity index (χ2v) is 19.2. The molecule has 0 fully saturated rings. The summed E-state index contributed by atoms with van der Waals surface area (Å²) in [5, 5.41) is 0. The maximum Gasteiger partial charge on any atom is 0.306 e. The highest BCUT2D eigenvalue weighted by atomic mass is 31.2. The van der Waals surface area contributed by atoms with Crippen molar-refractivity contribution >= 4 is 19.8 Å². The van der Waals surface area contributed by atoms with Gasteiger partial charge in [0.15, 0.2) is 6.10 Å². The van der Waals surface area contributed by atoms with Gasteiger partial charge in [0.2, 0.25) is 0 Å². The van der Waals surface area contributed by atoms with Crippen LogP contribution in [0.1, 0.15) is 168 Å². The number of phosphoric ester groups is 1. The van der Waals surface area contributed by atoms with Crippen LogP contribution >= 0.6 is 7.82 Å². The molecule has 0 aliphatic rings. The van der Waals surface area contributed by atoms with Gasteiger partial charge in [-0.15, -0.1) is 0 Å². The number of carbonyl (C=O) groups is 2. The van der Waals surface area contributed by atoms with Crippen molar-refractivity contribution in [1.29, 1.82) is 0 Å². The van der Waals surface area contributed by atoms with Crippen molar-refractivity contribution in [2.45, 2.75) is 174 Å². The number of unbranched alkanes of at least 4 members (excludes halogenated alkanes) is 9. The highest BCUT2D eigenvalue weighted by Crippen LogP contribution is 2.38. The molecule has 0 aliphatic heterocycles. The number of esters is 2. The molecule has 0 N–H and O–H groups in total. The summed E-state index contributed by atoms with van der Waals surface area (Å²) < 4.78 is 33.8. The number of quaternary nitrogens is 1. The molecule has 0 aliphatic carbocycles. The quantitative estimate of drug-likeness (QED) is 0.0195. The number of nitrogens with zero attached hydrogens (tertiary/aromatic N) is 1. The first-order valence-corrected chi connectivity index (χ1v) is 27.4. The Morgan fingerprint density at radius 3 is 1.25 bits per heavy atom. The molecule has 0 heterocycles. The topological polar surface area (TPSA) is 111 Å². The summed E-state index contributed by atoms with van der Waals surface area (Å²) in [5.41, 5.74) is 0. The van der Waals surface area contributed by atoms with E-state index in [-0.39, 0.29) is 26.1 Å². The highest BCUT2D eigenvalue weighted by Gasteiger charge is 2.21. The Labute approximate surface area is 415 Å². The van der Waals surface area contributed by atoms with Crippen molar-refractivity contribution in [2.24, 2.45) is 0 Å². The summed E-state index contributed by atoms with van der Waals surface area (Å²) in [6, 6.07) is 0. The van der Waals surface area contributed by atoms with Crippen molar-refractivity contribution in [3.63, 3.8) is 0 Å². The third kappa shape index (κ3) is 51.5. The van der Waals surface area contributed by atoms with Gasteiger partial charge in [0, 0.05) is 12.8 Å². The average Bonchev–Trinajstić information content (AvgIpc) is 3.30. The zero-order chi connectivity index (χ0) is 49.9. The fraction of sp³-hybridized carbons (Fsp3) is 0.586. The second kappa shape index (κ2) is 48.2. The standard InChI is InChI=1S/C58H94NO8P/c1-6-8-10-12-14-15-16-17-18-19-20-21-22-23-24-25-26-27-28-29-30-31-32-33-34-35-36-37-38-39-40-41-42-43-45-47-49-51-58(61)67-56(55-66-68(62,63)65-53-52-59(3,4)5)54-64-57(60)50-48-46-44-13-11-9-7-2/h8,10,14-15,17-18,20-21,23-24,26-27,29-30,32-33,35-36,38-39,41-42,56H,6-7,9,11-13,16,19,22,25,28,31,34,37,40,43-55H2,1-5H3/b10-8-,15-14-,18-17-,21-20-,24-23-,27-26-,30-29-,33-32-,36-35-,39-38-,42-41-. The van der Waals surface area contributed by atoms with E-state index in [1.54, 1.807) is 0 Å². The minimum absolute atomic E-state index is 0.0442. The molecule has 2 atom stereocenters. The van der Waals surface area contributed by atoms with Crippen LogP contribution in [0.25, 0.3) is 0 Å². The molecule has 0 saturated heterocycles. The van der Waals surface area contributed by atoms with Gasteiger partial charge in [0.1, 0.15) is 19.8 Å². The molecule has 0 amide bonds. The van der Waals surface area contributed by atoms with E-state index < -0.39 is 32.5 Å². The fourth-order valence-electron chi connectivity index (χ4n) is 6.19. The smallest absolute Gasteiger partial charge is 0.306 e. The van der Waals surface area contributed by atoms with Crippen molar-refractivity contribution in [3.8, 4) is 0 Å². The first kappa shape index (κ1) is 64.2. The molecule has 0 aromatic carbocycles. The van der Waals surface area contributed by atoms with Crippen LogP contribution in [0.15, 0.2) is 134 Å². The molecular formula is C58H94NO8P. The maximum absolute atomic E-state index is 12.7. The molecule has 10 heteroatoms. The number of hydrogen-bond acceptors (Lipinski definition) is 8. The van der Waals surface area contributed by atoms with Crippen LogP contribution in [-0.4, -0.2) is 70.0 Å². The lowest BCUT2D eigenvalue weighted by molar-refractivity contribution is -0.870. The van der Waals surface area contributed by atoms with Gasteiger partial charge >= 0.3 is 11.9 Å². The van der Waals surface area contributed by atoms with E-state index in [0.717, 1.165) is 116 Å². The third-order valence-electron chi connectivity index (χ3n) is 10.2. The Morgan fingerprint density at radius 1 is 0.471 bits per heavy atom. The monoisotopic (exact) mass is 964 g/mol. The van der Waals surface area contributed by atoms with Crippen molar-refractivity contribution in [1.82, 2.24) is 0 Å². The molecule has 9 nitrogen and oxygen atoms in total. The summed E-state index contributed by atoms with van der Waals surface area (Å²) in [5.74, 6) is -0.892. The van der Waals surface area contributed by atoms with Gasteiger partial charge in [-0.2, -0.15) is 0 Å². The normalized spacial score (nSPS) is 14.5. The predicted octanol–water partition coefficient (Wildman–Crippen LogP) is 15.2. The van der Waals surface area contributed by atoms with Crippen LogP contribution in [0.4, 0.5) is 0 Å². The number of rotatable bonds is 45. The van der Waals surface area contributed by atoms with E-state index in [2.05, 4.69) is 148 Å². The SMILES string of the molecule is CC/C=C\C/C=C\C/C=C\C/C=C\C/C=C\C/C=C\C/C=C\C/C=C\C/C=C\C/C=C\C/C=C\CCCCCC(=O)OC(COC(=O)CCCCCCCCC)COP(=O)([O-])OCC[N+](C)(C)C. The van der Waals surface area contributed by atoms with E-state index in [4.69, 9.17) is 18.5 Å². The fourth-order valence-corrected chi connectivity index (χ4v) is 6.92. The maximum atomic E-state index is 12.7. The molecule has 2 unspecified atom stereocenters. The summed E-state index contributed by atoms with van der Waals surface area (Å²) in [6.07, 6.45) is 69.6. The Balaban J connectivity index is 4.17. The largest absolute Gasteiger partial charge is 0.756 e. The first-order valence-electron chi connectivity index (χ1n) is 25.9. The number of hydrogen-bond donors (Lipinski definition) is 0. The van der Waals surface area contributed by atoms with Crippen molar-refractivity contribution in [3.05, 3.63) is 134 Å². The Morgan fingerprint density at radius 2 is 0.838 bits per heavy atom. The number of phosphoric acid groups is 1. The molecule has 0 saturated carbocycles. The van der Waals surface area contributed by atoms with Crippen LogP contribution in [0.3, 0.4) is 0 Å². The second-order valence-electron chi connectivity index (χ2n) is 17.8. The first-order chi connectivity index (χ1) is 33.0. The van der Waals surface area contributed by atoms with E-state index in [9.17, 15) is 19.0 Å². The lowest BCUT2D eigenvalue weighted by Gasteiger charge is -2.28. The van der Waals surface area contributed by atoms with Crippen molar-refractivity contribution in [2.75, 3.05) is 47.5 Å². The molecule has 0 spiro atoms. The molecule has 0 bridgehead atoms. The van der Waals surface area contributed by atoms with Gasteiger partial charge in [0.05, 0.1) is 27.7 Å². The Bertz CT molecular complexity index is 1610. The number of likely N-dealkylation sites (N-methyl/N-ethyl adjacent to an activating group) is 1. The van der Waals surface area contributed by atoms with Gasteiger partial charge in [0.25, 0.3) is 7.82 Å². The zero-order valence-corrected chi connectivity index (χ0v) is 44.1. The van der Waals surface area contributed by atoms with E-state index in [1.165, 1.54) is 19.3 Å². The Hall–Kier alpha value is -3.85. The van der Waals surface area contributed by atoms with Crippen LogP contribution in [0.2, 0.25) is 0 Å². The summed E-state index contributed by atoms with van der Waals surface area (Å²) in [6.45, 7) is 3.99. The van der Waals surface area contributed by atoms with E-state index >= 15 is 0 Å². The molecule has 0 rings (SSSR count). The molecule has 384 valence electrons. The van der Waals surface area contributed by atoms with E-state index in [1.807, 2.05) is 21.1 Å². The summed E-state index contributed by atoms with van der Waals surface area (Å²) >= 11 is 0. The minimum atomic E-state index is -4.64. The highest BCUT2D eigenvalue weighted by molar-refractivity contribution is 7.45. The van der Waals surface area contributed by atoms with Gasteiger partial charge in [-0.25, -0.2) is 0 Å². The van der Waals surface area contributed by atoms with Gasteiger partial charge in [-0.1, -0.05) is 192 Å². The van der Waals surface area contributed by atoms with Gasteiger partial charge in [-0.05, 0) is 96.3 Å². The van der Waals surface area contributed by atoms with Crippen LogP contribution in [0.5, 0.6) is 0 Å². The van der Waals surface area contributed by atoms with Gasteiger partial charge < -0.3 is 27.9 Å². The molecule has 0 aromatic rings. The molecule has 0 radical (unpaired) electrons. The molecule has 68 heavy (non-hydrogen) atoms. The minimum Gasteiger partial charge on any atom is -0.756 e. The zero-order valence-electron chi connectivity index (χ0n) is 43.2.